The minimum absolute atomic E-state index is 0.107. The third kappa shape index (κ3) is 3.06. The summed E-state index contributed by atoms with van der Waals surface area (Å²) in [5.41, 5.74) is 1.44. The number of anilines is 2. The fourth-order valence-electron chi connectivity index (χ4n) is 2.67. The van der Waals surface area contributed by atoms with Crippen LogP contribution in [0.1, 0.15) is 12.8 Å². The normalized spacial score (nSPS) is 22.4. The van der Waals surface area contributed by atoms with E-state index in [0.29, 0.717) is 38.4 Å². The number of hydrogen-bond donors (Lipinski definition) is 2. The lowest BCUT2D eigenvalue weighted by Crippen LogP contribution is -2.49. The maximum atomic E-state index is 12.3. The van der Waals surface area contributed by atoms with Crippen molar-refractivity contribution < 1.29 is 14.3 Å². The zero-order valence-corrected chi connectivity index (χ0v) is 11.8. The molecule has 112 valence electrons. The molecule has 2 aliphatic heterocycles. The molecule has 0 aromatic heterocycles. The van der Waals surface area contributed by atoms with Gasteiger partial charge in [-0.05, 0) is 18.6 Å². The van der Waals surface area contributed by atoms with E-state index in [9.17, 15) is 9.59 Å². The van der Waals surface area contributed by atoms with E-state index >= 15 is 0 Å². The van der Waals surface area contributed by atoms with Crippen LogP contribution in [0.4, 0.5) is 11.4 Å². The van der Waals surface area contributed by atoms with Crippen LogP contribution in [0, 0.1) is 0 Å². The Morgan fingerprint density at radius 1 is 1.38 bits per heavy atom. The van der Waals surface area contributed by atoms with Crippen molar-refractivity contribution >= 4 is 23.2 Å². The number of carbonyl (C=O) groups excluding carboxylic acids is 2. The molecule has 2 amide bonds. The Hall–Kier alpha value is -1.92. The van der Waals surface area contributed by atoms with Crippen molar-refractivity contribution in [1.29, 1.82) is 0 Å². The van der Waals surface area contributed by atoms with Gasteiger partial charge in [-0.25, -0.2) is 0 Å². The van der Waals surface area contributed by atoms with Crippen LogP contribution >= 0.6 is 0 Å². The molecule has 6 nitrogen and oxygen atoms in total. The lowest BCUT2D eigenvalue weighted by molar-refractivity contribution is -0.121. The Balaban J connectivity index is 1.75. The second-order valence-electron chi connectivity index (χ2n) is 5.24. The van der Waals surface area contributed by atoms with Crippen LogP contribution in [0.2, 0.25) is 0 Å². The van der Waals surface area contributed by atoms with E-state index in [0.717, 1.165) is 12.1 Å². The smallest absolute Gasteiger partial charge is 0.243 e. The molecule has 0 radical (unpaired) electrons. The second-order valence-corrected chi connectivity index (χ2v) is 5.24. The summed E-state index contributed by atoms with van der Waals surface area (Å²) < 4.78 is 5.30. The van der Waals surface area contributed by atoms with E-state index in [1.807, 2.05) is 24.3 Å². The quantitative estimate of drug-likeness (QED) is 0.861. The van der Waals surface area contributed by atoms with E-state index in [1.54, 1.807) is 4.90 Å². The molecule has 1 aromatic carbocycles. The Bertz CT molecular complexity index is 541. The first-order chi connectivity index (χ1) is 10.3. The third-order valence-electron chi connectivity index (χ3n) is 3.76. The summed E-state index contributed by atoms with van der Waals surface area (Å²) in [6.07, 6.45) is 1.43. The fraction of sp³-hybridized carbons (Fsp3) is 0.467. The lowest BCUT2D eigenvalue weighted by atomic mass is 10.2. The number of rotatable bonds is 3. The first-order valence-electron chi connectivity index (χ1n) is 7.27. The first-order valence-corrected chi connectivity index (χ1v) is 7.27. The summed E-state index contributed by atoms with van der Waals surface area (Å²) in [5.74, 6) is -0.0235. The molecule has 3 rings (SSSR count). The average Bonchev–Trinajstić information content (AvgIpc) is 2.95. The van der Waals surface area contributed by atoms with E-state index in [1.165, 1.54) is 0 Å². The predicted molar refractivity (Wildman–Crippen MR) is 79.3 cm³/mol. The third-order valence-corrected chi connectivity index (χ3v) is 3.76. The highest BCUT2D eigenvalue weighted by Gasteiger charge is 2.26. The molecule has 6 heteroatoms. The SMILES string of the molecule is O=C(Nc1ccccc1N1CCCC1=O)C1COCCN1. The summed E-state index contributed by atoms with van der Waals surface area (Å²) in [6, 6.07) is 7.07. The summed E-state index contributed by atoms with van der Waals surface area (Å²) in [6.45, 7) is 2.38. The van der Waals surface area contributed by atoms with Crippen molar-refractivity contribution in [3.63, 3.8) is 0 Å². The van der Waals surface area contributed by atoms with Crippen LogP contribution < -0.4 is 15.5 Å². The molecule has 1 unspecified atom stereocenters. The minimum Gasteiger partial charge on any atom is -0.378 e. The van der Waals surface area contributed by atoms with Gasteiger partial charge in [0.05, 0.1) is 24.6 Å². The molecule has 2 N–H and O–H groups in total. The van der Waals surface area contributed by atoms with Crippen molar-refractivity contribution in [2.45, 2.75) is 18.9 Å². The molecule has 0 bridgehead atoms. The molecule has 21 heavy (non-hydrogen) atoms. The van der Waals surface area contributed by atoms with E-state index in [2.05, 4.69) is 10.6 Å². The highest BCUT2D eigenvalue weighted by molar-refractivity contribution is 6.03. The van der Waals surface area contributed by atoms with Gasteiger partial charge in [0.15, 0.2) is 0 Å². The molecule has 0 saturated carbocycles. The molecule has 2 heterocycles. The van der Waals surface area contributed by atoms with Crippen molar-refractivity contribution in [3.8, 4) is 0 Å². The second kappa shape index (κ2) is 6.24. The lowest BCUT2D eigenvalue weighted by Gasteiger charge is -2.25. The molecular formula is C15H19N3O3. The maximum Gasteiger partial charge on any atom is 0.243 e. The van der Waals surface area contributed by atoms with Crippen LogP contribution in [-0.2, 0) is 14.3 Å². The summed E-state index contributed by atoms with van der Waals surface area (Å²) in [5, 5.41) is 6.02. The van der Waals surface area contributed by atoms with Gasteiger partial charge in [-0.1, -0.05) is 12.1 Å². The van der Waals surface area contributed by atoms with Crippen LogP contribution in [0.25, 0.3) is 0 Å². The van der Waals surface area contributed by atoms with E-state index < -0.39 is 0 Å². The fourth-order valence-corrected chi connectivity index (χ4v) is 2.67. The van der Waals surface area contributed by atoms with Gasteiger partial charge < -0.3 is 20.3 Å². The number of benzene rings is 1. The topological polar surface area (TPSA) is 70.7 Å². The summed E-state index contributed by atoms with van der Waals surface area (Å²) in [7, 11) is 0. The van der Waals surface area contributed by atoms with E-state index in [4.69, 9.17) is 4.74 Å². The van der Waals surface area contributed by atoms with Gasteiger partial charge in [0.2, 0.25) is 11.8 Å². The number of amides is 2. The van der Waals surface area contributed by atoms with Crippen molar-refractivity contribution in [3.05, 3.63) is 24.3 Å². The molecule has 2 aliphatic rings. The number of nitrogens with zero attached hydrogens (tertiary/aromatic N) is 1. The molecule has 2 saturated heterocycles. The highest BCUT2D eigenvalue weighted by atomic mass is 16.5. The van der Waals surface area contributed by atoms with Crippen molar-refractivity contribution in [2.24, 2.45) is 0 Å². The summed E-state index contributed by atoms with van der Waals surface area (Å²) in [4.78, 5) is 25.9. The van der Waals surface area contributed by atoms with E-state index in [-0.39, 0.29) is 17.9 Å². The standard InChI is InChI=1S/C15H19N3O3/c19-14-6-3-8-18(14)13-5-2-1-4-11(13)17-15(20)12-10-21-9-7-16-12/h1-2,4-5,12,16H,3,6-10H2,(H,17,20). The minimum atomic E-state index is -0.346. The molecular weight excluding hydrogens is 270 g/mol. The first kappa shape index (κ1) is 14.0. The highest BCUT2D eigenvalue weighted by Crippen LogP contribution is 2.29. The number of carbonyl (C=O) groups is 2. The van der Waals surface area contributed by atoms with Crippen LogP contribution in [-0.4, -0.2) is 44.2 Å². The van der Waals surface area contributed by atoms with Gasteiger partial charge >= 0.3 is 0 Å². The molecule has 1 atom stereocenters. The van der Waals surface area contributed by atoms with Crippen LogP contribution in [0.5, 0.6) is 0 Å². The zero-order valence-electron chi connectivity index (χ0n) is 11.8. The monoisotopic (exact) mass is 289 g/mol. The molecule has 0 aliphatic carbocycles. The van der Waals surface area contributed by atoms with Crippen molar-refractivity contribution in [2.75, 3.05) is 36.5 Å². The number of nitrogens with one attached hydrogen (secondary N) is 2. The Morgan fingerprint density at radius 3 is 2.95 bits per heavy atom. The number of hydrogen-bond acceptors (Lipinski definition) is 4. The Labute approximate surface area is 123 Å². The molecule has 2 fully saturated rings. The van der Waals surface area contributed by atoms with Crippen LogP contribution in [0.3, 0.4) is 0 Å². The number of morpholine rings is 1. The predicted octanol–water partition coefficient (Wildman–Crippen LogP) is 0.740. The maximum absolute atomic E-state index is 12.3. The molecule has 1 aromatic rings. The van der Waals surface area contributed by atoms with Crippen molar-refractivity contribution in [1.82, 2.24) is 5.32 Å². The zero-order chi connectivity index (χ0) is 14.7. The number of para-hydroxylation sites is 2. The van der Waals surface area contributed by atoms with Gasteiger partial charge in [-0.3, -0.25) is 9.59 Å². The average molecular weight is 289 g/mol. The van der Waals surface area contributed by atoms with Gasteiger partial charge in [-0.2, -0.15) is 0 Å². The molecule has 0 spiro atoms. The van der Waals surface area contributed by atoms with Crippen LogP contribution in [0.15, 0.2) is 24.3 Å². The number of ether oxygens (including phenoxy) is 1. The largest absolute Gasteiger partial charge is 0.378 e. The van der Waals surface area contributed by atoms with Gasteiger partial charge in [0, 0.05) is 19.5 Å². The van der Waals surface area contributed by atoms with Gasteiger partial charge in [0.1, 0.15) is 6.04 Å². The Kier molecular flexibility index (Phi) is 4.17. The van der Waals surface area contributed by atoms with Gasteiger partial charge in [0.25, 0.3) is 0 Å². The Morgan fingerprint density at radius 2 is 2.24 bits per heavy atom. The summed E-state index contributed by atoms with van der Waals surface area (Å²) >= 11 is 0. The van der Waals surface area contributed by atoms with Gasteiger partial charge in [-0.15, -0.1) is 0 Å².